The van der Waals surface area contributed by atoms with Gasteiger partial charge in [-0.15, -0.1) is 0 Å². The van der Waals surface area contributed by atoms with E-state index in [0.29, 0.717) is 6.54 Å². The van der Waals surface area contributed by atoms with Gasteiger partial charge in [0.05, 0.1) is 30.0 Å². The monoisotopic (exact) mass is 338 g/mol. The maximum absolute atomic E-state index is 5.82. The molecule has 0 bridgehead atoms. The molecular weight excluding hydrogens is 316 g/mol. The van der Waals surface area contributed by atoms with E-state index < -0.39 is 0 Å². The van der Waals surface area contributed by atoms with E-state index in [1.807, 2.05) is 48.1 Å². The summed E-state index contributed by atoms with van der Waals surface area (Å²) in [6.07, 6.45) is 1.98. The van der Waals surface area contributed by atoms with Crippen molar-refractivity contribution in [3.63, 3.8) is 0 Å². The highest BCUT2D eigenvalue weighted by Crippen LogP contribution is 2.22. The van der Waals surface area contributed by atoms with Crippen LogP contribution < -0.4 is 5.32 Å². The highest BCUT2D eigenvalue weighted by molar-refractivity contribution is 5.87. The van der Waals surface area contributed by atoms with Gasteiger partial charge in [0.2, 0.25) is 0 Å². The molecule has 0 spiro atoms. The van der Waals surface area contributed by atoms with Crippen molar-refractivity contribution in [3.8, 4) is 5.69 Å². The molecule has 1 aliphatic heterocycles. The molecule has 7 nitrogen and oxygen atoms in total. The lowest BCUT2D eigenvalue weighted by Gasteiger charge is -2.30. The summed E-state index contributed by atoms with van der Waals surface area (Å²) in [5, 5.41) is 8.85. The number of aromatic nitrogens is 4. The number of ether oxygens (including phenoxy) is 1. The first kappa shape index (κ1) is 16.0. The van der Waals surface area contributed by atoms with Crippen LogP contribution in [0.1, 0.15) is 5.82 Å². The minimum atomic E-state index is 0.160. The lowest BCUT2D eigenvalue weighted by Crippen LogP contribution is -2.43. The van der Waals surface area contributed by atoms with Crippen molar-refractivity contribution in [1.82, 2.24) is 24.6 Å². The number of morpholine rings is 1. The topological polar surface area (TPSA) is 68.1 Å². The van der Waals surface area contributed by atoms with Gasteiger partial charge in [0.25, 0.3) is 0 Å². The van der Waals surface area contributed by atoms with Crippen LogP contribution in [0.25, 0.3) is 16.7 Å². The predicted molar refractivity (Wildman–Crippen MR) is 97.1 cm³/mol. The van der Waals surface area contributed by atoms with E-state index in [1.54, 1.807) is 0 Å². The number of hydrogen-bond acceptors (Lipinski definition) is 6. The van der Waals surface area contributed by atoms with Crippen molar-refractivity contribution in [1.29, 1.82) is 0 Å². The lowest BCUT2D eigenvalue weighted by atomic mass is 10.2. The fraction of sp³-hybridized carbons (Fsp3) is 0.389. The number of nitrogens with zero attached hydrogens (tertiary/aromatic N) is 5. The average Bonchev–Trinajstić information content (AvgIpc) is 3.04. The van der Waals surface area contributed by atoms with Crippen molar-refractivity contribution in [2.45, 2.75) is 13.0 Å². The van der Waals surface area contributed by atoms with Gasteiger partial charge in [0, 0.05) is 19.6 Å². The molecule has 4 rings (SSSR count). The molecule has 3 heterocycles. The van der Waals surface area contributed by atoms with Gasteiger partial charge in [-0.25, -0.2) is 14.6 Å². The molecule has 1 fully saturated rings. The molecule has 0 aliphatic carbocycles. The minimum Gasteiger partial charge on any atom is -0.374 e. The van der Waals surface area contributed by atoms with E-state index in [0.717, 1.165) is 48.1 Å². The molecule has 1 atom stereocenters. The SMILES string of the molecule is Cc1nc(NC[C@H]2CN(C)CCO2)c2cnn(-c3ccccc3)c2n1. The average molecular weight is 338 g/mol. The summed E-state index contributed by atoms with van der Waals surface area (Å²) in [5.41, 5.74) is 1.79. The molecule has 25 heavy (non-hydrogen) atoms. The molecule has 2 aromatic heterocycles. The van der Waals surface area contributed by atoms with Crippen LogP contribution in [0.5, 0.6) is 0 Å². The third kappa shape index (κ3) is 3.33. The normalized spacial score (nSPS) is 18.6. The molecule has 0 saturated carbocycles. The summed E-state index contributed by atoms with van der Waals surface area (Å²) in [5.74, 6) is 1.52. The number of fused-ring (bicyclic) bond motifs is 1. The number of hydrogen-bond donors (Lipinski definition) is 1. The maximum atomic E-state index is 5.82. The number of anilines is 1. The molecule has 0 amide bonds. The molecule has 130 valence electrons. The standard InChI is InChI=1S/C18H22N6O/c1-13-21-17(19-10-15-12-23(2)8-9-25-15)16-11-20-24(18(16)22-13)14-6-4-3-5-7-14/h3-7,11,15H,8-10,12H2,1-2H3,(H,19,21,22)/t15-/m0/s1. The van der Waals surface area contributed by atoms with Crippen molar-refractivity contribution in [2.24, 2.45) is 0 Å². The molecule has 7 heteroatoms. The molecule has 1 aliphatic rings. The maximum Gasteiger partial charge on any atom is 0.168 e. The Morgan fingerprint density at radius 2 is 2.08 bits per heavy atom. The van der Waals surface area contributed by atoms with Gasteiger partial charge >= 0.3 is 0 Å². The van der Waals surface area contributed by atoms with Crippen LogP contribution in [0, 0.1) is 6.92 Å². The first-order valence-corrected chi connectivity index (χ1v) is 8.52. The Bertz CT molecular complexity index is 863. The van der Waals surface area contributed by atoms with Crippen LogP contribution in [-0.2, 0) is 4.74 Å². The Labute approximate surface area is 146 Å². The third-order valence-electron chi connectivity index (χ3n) is 4.38. The lowest BCUT2D eigenvalue weighted by molar-refractivity contribution is -0.0117. The second-order valence-electron chi connectivity index (χ2n) is 6.38. The van der Waals surface area contributed by atoms with Crippen LogP contribution in [0.2, 0.25) is 0 Å². The Hall–Kier alpha value is -2.51. The first-order valence-electron chi connectivity index (χ1n) is 8.52. The zero-order valence-corrected chi connectivity index (χ0v) is 14.5. The third-order valence-corrected chi connectivity index (χ3v) is 4.38. The van der Waals surface area contributed by atoms with Crippen molar-refractivity contribution >= 4 is 16.9 Å². The highest BCUT2D eigenvalue weighted by Gasteiger charge is 2.19. The molecule has 1 saturated heterocycles. The minimum absolute atomic E-state index is 0.160. The number of rotatable bonds is 4. The van der Waals surface area contributed by atoms with Crippen LogP contribution in [0.15, 0.2) is 36.5 Å². The van der Waals surface area contributed by atoms with Gasteiger partial charge in [0.1, 0.15) is 11.6 Å². The van der Waals surface area contributed by atoms with Crippen LogP contribution in [0.3, 0.4) is 0 Å². The van der Waals surface area contributed by atoms with Crippen molar-refractivity contribution < 1.29 is 4.74 Å². The Morgan fingerprint density at radius 1 is 1.24 bits per heavy atom. The second kappa shape index (κ2) is 6.78. The van der Waals surface area contributed by atoms with Gasteiger partial charge in [-0.2, -0.15) is 5.10 Å². The van der Waals surface area contributed by atoms with Crippen LogP contribution in [0.4, 0.5) is 5.82 Å². The number of aryl methyl sites for hydroxylation is 1. The van der Waals surface area contributed by atoms with Crippen LogP contribution >= 0.6 is 0 Å². The molecule has 0 radical (unpaired) electrons. The van der Waals surface area contributed by atoms with Gasteiger partial charge in [-0.3, -0.25) is 0 Å². The number of nitrogens with one attached hydrogen (secondary N) is 1. The predicted octanol–water partition coefficient (Wildman–Crippen LogP) is 1.87. The quantitative estimate of drug-likeness (QED) is 0.783. The van der Waals surface area contributed by atoms with Crippen molar-refractivity contribution in [3.05, 3.63) is 42.4 Å². The Balaban J connectivity index is 1.62. The van der Waals surface area contributed by atoms with Crippen LogP contribution in [-0.4, -0.2) is 64.0 Å². The zero-order valence-electron chi connectivity index (χ0n) is 14.5. The number of likely N-dealkylation sites (N-methyl/N-ethyl adjacent to an activating group) is 1. The van der Waals surface area contributed by atoms with Gasteiger partial charge in [0.15, 0.2) is 5.65 Å². The van der Waals surface area contributed by atoms with E-state index in [1.165, 1.54) is 0 Å². The Kier molecular flexibility index (Phi) is 4.33. The van der Waals surface area contributed by atoms with E-state index >= 15 is 0 Å². The molecule has 0 unspecified atom stereocenters. The summed E-state index contributed by atoms with van der Waals surface area (Å²) in [6, 6.07) is 10.0. The summed E-state index contributed by atoms with van der Waals surface area (Å²) in [6.45, 7) is 5.29. The molecule has 1 aromatic carbocycles. The largest absolute Gasteiger partial charge is 0.374 e. The summed E-state index contributed by atoms with van der Waals surface area (Å²) >= 11 is 0. The fourth-order valence-electron chi connectivity index (χ4n) is 3.11. The van der Waals surface area contributed by atoms with Gasteiger partial charge < -0.3 is 15.0 Å². The summed E-state index contributed by atoms with van der Waals surface area (Å²) in [4.78, 5) is 11.4. The van der Waals surface area contributed by atoms with Gasteiger partial charge in [-0.05, 0) is 26.1 Å². The molecular formula is C18H22N6O. The van der Waals surface area contributed by atoms with E-state index in [-0.39, 0.29) is 6.10 Å². The van der Waals surface area contributed by atoms with Gasteiger partial charge in [-0.1, -0.05) is 18.2 Å². The number of para-hydroxylation sites is 1. The molecule has 3 aromatic rings. The fourth-order valence-corrected chi connectivity index (χ4v) is 3.11. The number of benzene rings is 1. The van der Waals surface area contributed by atoms with Crippen molar-refractivity contribution in [2.75, 3.05) is 38.6 Å². The summed E-state index contributed by atoms with van der Waals surface area (Å²) in [7, 11) is 2.12. The zero-order chi connectivity index (χ0) is 17.2. The second-order valence-corrected chi connectivity index (χ2v) is 6.38. The Morgan fingerprint density at radius 3 is 2.88 bits per heavy atom. The summed E-state index contributed by atoms with van der Waals surface area (Å²) < 4.78 is 7.67. The molecule has 1 N–H and O–H groups in total. The van der Waals surface area contributed by atoms with E-state index in [9.17, 15) is 0 Å². The van der Waals surface area contributed by atoms with E-state index in [4.69, 9.17) is 4.74 Å². The smallest absolute Gasteiger partial charge is 0.168 e. The first-order chi connectivity index (χ1) is 12.2. The highest BCUT2D eigenvalue weighted by atomic mass is 16.5. The van der Waals surface area contributed by atoms with E-state index in [2.05, 4.69) is 32.3 Å².